The Bertz CT molecular complexity index is 1140. The number of nitrogens with two attached hydrogens (primary N) is 1. The van der Waals surface area contributed by atoms with Crippen LogP contribution in [-0.4, -0.2) is 64.1 Å². The molecule has 1 fully saturated rings. The lowest BCUT2D eigenvalue weighted by Crippen LogP contribution is -2.59. The van der Waals surface area contributed by atoms with Crippen molar-refractivity contribution in [3.63, 3.8) is 0 Å². The fourth-order valence-electron chi connectivity index (χ4n) is 4.96. The third-order valence-corrected chi connectivity index (χ3v) is 7.54. The van der Waals surface area contributed by atoms with Crippen LogP contribution in [0.15, 0.2) is 36.4 Å². The molecule has 1 atom stereocenters. The number of hydrogen-bond acceptors (Lipinski definition) is 7. The predicted molar refractivity (Wildman–Crippen MR) is 150 cm³/mol. The molecule has 1 saturated carbocycles. The molecule has 0 bridgehead atoms. The van der Waals surface area contributed by atoms with Gasteiger partial charge in [-0.15, -0.1) is 0 Å². The lowest BCUT2D eigenvalue weighted by atomic mass is 9.71. The van der Waals surface area contributed by atoms with Crippen LogP contribution in [-0.2, 0) is 30.6 Å². The number of aliphatic hydroxyl groups is 1. The number of Topliss-reactive ketones (excluding diaryl/α,β-unsaturated/α-hetero) is 1. The van der Waals surface area contributed by atoms with Crippen LogP contribution in [0, 0.1) is 5.92 Å². The number of anilines is 1. The zero-order valence-electron chi connectivity index (χ0n) is 23.2. The van der Waals surface area contributed by atoms with Gasteiger partial charge >= 0.3 is 6.03 Å². The second kappa shape index (κ2) is 15.1. The summed E-state index contributed by atoms with van der Waals surface area (Å²) in [6.07, 6.45) is 6.96. The number of carbonyl (C=O) groups excluding carboxylic acids is 6. The van der Waals surface area contributed by atoms with Gasteiger partial charge in [-0.2, -0.15) is 0 Å². The van der Waals surface area contributed by atoms with E-state index in [0.29, 0.717) is 62.7 Å². The van der Waals surface area contributed by atoms with Crippen molar-refractivity contribution < 1.29 is 33.9 Å². The van der Waals surface area contributed by atoms with Crippen molar-refractivity contribution in [2.24, 2.45) is 11.7 Å². The Morgan fingerprint density at radius 1 is 0.976 bits per heavy atom. The number of rotatable bonds is 17. The summed E-state index contributed by atoms with van der Waals surface area (Å²) in [5.41, 5.74) is 5.35. The van der Waals surface area contributed by atoms with E-state index >= 15 is 0 Å². The van der Waals surface area contributed by atoms with Gasteiger partial charge < -0.3 is 26.8 Å². The van der Waals surface area contributed by atoms with E-state index in [-0.39, 0.29) is 55.4 Å². The lowest BCUT2D eigenvalue weighted by Gasteiger charge is -2.41. The van der Waals surface area contributed by atoms with Crippen LogP contribution >= 0.6 is 0 Å². The maximum Gasteiger partial charge on any atom is 0.312 e. The van der Waals surface area contributed by atoms with Gasteiger partial charge in [-0.05, 0) is 62.6 Å². The first-order valence-electron chi connectivity index (χ1n) is 14.1. The van der Waals surface area contributed by atoms with Crippen LogP contribution in [0.25, 0.3) is 0 Å². The third kappa shape index (κ3) is 9.24. The Kier molecular flexibility index (Phi) is 11.6. The smallest absolute Gasteiger partial charge is 0.312 e. The quantitative estimate of drug-likeness (QED) is 0.139. The Morgan fingerprint density at radius 2 is 1.66 bits per heavy atom. The summed E-state index contributed by atoms with van der Waals surface area (Å²) in [4.78, 5) is 74.8. The van der Waals surface area contributed by atoms with Gasteiger partial charge in [0.1, 0.15) is 0 Å². The molecule has 1 aromatic rings. The third-order valence-electron chi connectivity index (χ3n) is 7.54. The molecule has 12 heteroatoms. The number of benzene rings is 1. The molecule has 0 saturated heterocycles. The summed E-state index contributed by atoms with van der Waals surface area (Å²) >= 11 is 0. The van der Waals surface area contributed by atoms with Crippen LogP contribution in [0.4, 0.5) is 10.5 Å². The molecular formula is C29H39N5O7. The molecule has 0 unspecified atom stereocenters. The molecule has 222 valence electrons. The second-order valence-corrected chi connectivity index (χ2v) is 10.6. The first-order chi connectivity index (χ1) is 19.6. The fourth-order valence-corrected chi connectivity index (χ4v) is 4.96. The number of hydrogen-bond donors (Lipinski definition) is 5. The van der Waals surface area contributed by atoms with Gasteiger partial charge in [0, 0.05) is 49.7 Å². The number of primary amides is 1. The van der Waals surface area contributed by atoms with E-state index in [1.807, 2.05) is 0 Å². The van der Waals surface area contributed by atoms with E-state index in [1.54, 1.807) is 24.3 Å². The molecule has 1 aliphatic heterocycles. The molecule has 6 N–H and O–H groups in total. The van der Waals surface area contributed by atoms with Gasteiger partial charge in [0.25, 0.3) is 11.8 Å². The lowest BCUT2D eigenvalue weighted by molar-refractivity contribution is -0.137. The van der Waals surface area contributed by atoms with E-state index in [9.17, 15) is 33.9 Å². The molecule has 6 amide bonds. The van der Waals surface area contributed by atoms with Crippen molar-refractivity contribution in [3.8, 4) is 0 Å². The highest BCUT2D eigenvalue weighted by molar-refractivity contribution is 6.12. The fraction of sp³-hybridized carbons (Fsp3) is 0.517. The van der Waals surface area contributed by atoms with E-state index in [0.717, 1.165) is 6.42 Å². The minimum atomic E-state index is -0.996. The number of unbranched alkanes of at least 4 members (excludes halogenated alkanes) is 2. The van der Waals surface area contributed by atoms with Crippen molar-refractivity contribution in [2.45, 2.75) is 76.4 Å². The highest BCUT2D eigenvalue weighted by atomic mass is 16.3. The van der Waals surface area contributed by atoms with Crippen LogP contribution < -0.4 is 21.7 Å². The number of imide groups is 1. The Balaban J connectivity index is 1.52. The van der Waals surface area contributed by atoms with E-state index in [2.05, 4.69) is 16.0 Å². The maximum atomic E-state index is 13.5. The van der Waals surface area contributed by atoms with Crippen molar-refractivity contribution in [3.05, 3.63) is 42.0 Å². The molecule has 0 spiro atoms. The molecule has 1 aliphatic carbocycles. The van der Waals surface area contributed by atoms with Gasteiger partial charge in [-0.25, -0.2) is 4.79 Å². The zero-order valence-corrected chi connectivity index (χ0v) is 23.2. The number of urea groups is 1. The highest BCUT2D eigenvalue weighted by Crippen LogP contribution is 2.35. The summed E-state index contributed by atoms with van der Waals surface area (Å²) in [5, 5.41) is 17.5. The SMILES string of the molecule is NC(=O)NCCC[C@H](CC(=O)C1(NC(=O)CCCCCN2C(=O)C=CC2=O)CCC1)C(=O)Nc1ccc(CO)cc1. The summed E-state index contributed by atoms with van der Waals surface area (Å²) in [6, 6.07) is 6.05. The van der Waals surface area contributed by atoms with Gasteiger partial charge in [0.05, 0.1) is 12.1 Å². The van der Waals surface area contributed by atoms with E-state index in [1.165, 1.54) is 17.1 Å². The van der Waals surface area contributed by atoms with E-state index in [4.69, 9.17) is 5.73 Å². The molecule has 3 rings (SSSR count). The summed E-state index contributed by atoms with van der Waals surface area (Å²) < 4.78 is 0. The number of ketones is 1. The number of nitrogens with one attached hydrogen (secondary N) is 3. The number of carbonyl (C=O) groups is 6. The van der Waals surface area contributed by atoms with Gasteiger partial charge in [0.2, 0.25) is 11.8 Å². The first-order valence-corrected chi connectivity index (χ1v) is 14.1. The topological polar surface area (TPSA) is 188 Å². The van der Waals surface area contributed by atoms with Gasteiger partial charge in [-0.3, -0.25) is 28.9 Å². The Morgan fingerprint density at radius 3 is 2.24 bits per heavy atom. The minimum Gasteiger partial charge on any atom is -0.392 e. The Hall–Kier alpha value is -4.06. The van der Waals surface area contributed by atoms with Crippen molar-refractivity contribution in [1.82, 2.24) is 15.5 Å². The molecule has 2 aliphatic rings. The summed E-state index contributed by atoms with van der Waals surface area (Å²) in [7, 11) is 0. The highest BCUT2D eigenvalue weighted by Gasteiger charge is 2.45. The molecular weight excluding hydrogens is 530 g/mol. The van der Waals surface area contributed by atoms with Gasteiger partial charge in [0.15, 0.2) is 5.78 Å². The summed E-state index contributed by atoms with van der Waals surface area (Å²) in [5.74, 6) is -2.13. The number of aliphatic hydroxyl groups excluding tert-OH is 1. The molecule has 1 aromatic carbocycles. The van der Waals surface area contributed by atoms with Gasteiger partial charge in [-0.1, -0.05) is 18.6 Å². The molecule has 41 heavy (non-hydrogen) atoms. The van der Waals surface area contributed by atoms with Crippen molar-refractivity contribution in [1.29, 1.82) is 0 Å². The first kappa shape index (κ1) is 31.5. The average Bonchev–Trinajstić information content (AvgIpc) is 3.24. The second-order valence-electron chi connectivity index (χ2n) is 10.6. The molecule has 12 nitrogen and oxygen atoms in total. The van der Waals surface area contributed by atoms with Crippen LogP contribution in [0.1, 0.15) is 69.8 Å². The molecule has 1 heterocycles. The molecule has 0 aromatic heterocycles. The maximum absolute atomic E-state index is 13.5. The van der Waals surface area contributed by atoms with Crippen molar-refractivity contribution in [2.75, 3.05) is 18.4 Å². The largest absolute Gasteiger partial charge is 0.392 e. The minimum absolute atomic E-state index is 0.0661. The number of nitrogens with zero attached hydrogens (tertiary/aromatic N) is 1. The van der Waals surface area contributed by atoms with E-state index < -0.39 is 17.5 Å². The average molecular weight is 570 g/mol. The normalized spacial score (nSPS) is 16.2. The standard InChI is InChI=1S/C29H39N5O7/c30-28(41)31-16-4-6-21(27(40)32-22-10-8-20(19-35)9-11-22)18-23(36)29(14-5-15-29)33-24(37)7-2-1-3-17-34-25(38)12-13-26(34)39/h8-13,21,35H,1-7,14-19H2,(H,32,40)(H,33,37)(H3,30,31,41)/t21-/m1/s1. The Labute approximate surface area is 239 Å². The van der Waals surface area contributed by atoms with Crippen LogP contribution in [0.2, 0.25) is 0 Å². The van der Waals surface area contributed by atoms with Crippen LogP contribution in [0.3, 0.4) is 0 Å². The molecule has 0 radical (unpaired) electrons. The van der Waals surface area contributed by atoms with Crippen molar-refractivity contribution >= 4 is 41.1 Å². The predicted octanol–water partition coefficient (Wildman–Crippen LogP) is 1.67. The monoisotopic (exact) mass is 569 g/mol. The number of amides is 6. The van der Waals surface area contributed by atoms with Crippen LogP contribution in [0.5, 0.6) is 0 Å². The summed E-state index contributed by atoms with van der Waals surface area (Å²) in [6.45, 7) is 0.444. The zero-order chi connectivity index (χ0) is 29.8.